The van der Waals surface area contributed by atoms with Gasteiger partial charge in [0.1, 0.15) is 6.04 Å². The van der Waals surface area contributed by atoms with Gasteiger partial charge >= 0.3 is 5.97 Å². The van der Waals surface area contributed by atoms with Crippen molar-refractivity contribution in [1.29, 1.82) is 0 Å². The molecule has 0 radical (unpaired) electrons. The number of hydrogen-bond acceptors (Lipinski definition) is 5. The van der Waals surface area contributed by atoms with Gasteiger partial charge < -0.3 is 20.3 Å². The molecule has 0 fully saturated rings. The summed E-state index contributed by atoms with van der Waals surface area (Å²) in [6, 6.07) is 5.66. The molecule has 8 heteroatoms. The molecule has 0 bridgehead atoms. The van der Waals surface area contributed by atoms with Gasteiger partial charge in [0.05, 0.1) is 18.7 Å². The second kappa shape index (κ2) is 13.4. The van der Waals surface area contributed by atoms with Crippen LogP contribution in [0.25, 0.3) is 0 Å². The molecular formula is C29H46ClN3O4. The maximum absolute atomic E-state index is 13.9. The van der Waals surface area contributed by atoms with E-state index in [0.29, 0.717) is 10.6 Å². The zero-order chi connectivity index (χ0) is 28.7. The van der Waals surface area contributed by atoms with Gasteiger partial charge in [-0.1, -0.05) is 78.3 Å². The van der Waals surface area contributed by atoms with Gasteiger partial charge in [0.2, 0.25) is 11.8 Å². The van der Waals surface area contributed by atoms with Crippen LogP contribution in [0.2, 0.25) is 5.02 Å². The summed E-state index contributed by atoms with van der Waals surface area (Å²) in [6.45, 7) is 17.4. The second-order valence-corrected chi connectivity index (χ2v) is 12.0. The fraction of sp³-hybridized carbons (Fsp3) is 0.621. The van der Waals surface area contributed by atoms with E-state index in [1.165, 1.54) is 0 Å². The van der Waals surface area contributed by atoms with Crippen molar-refractivity contribution in [2.24, 2.45) is 11.3 Å². The van der Waals surface area contributed by atoms with Gasteiger partial charge in [-0.25, -0.2) is 4.79 Å². The molecule has 0 heterocycles. The Morgan fingerprint density at radius 2 is 1.70 bits per heavy atom. The molecule has 3 atom stereocenters. The number of nitrogens with one attached hydrogen (secondary N) is 2. The third kappa shape index (κ3) is 8.57. The Morgan fingerprint density at radius 1 is 1.11 bits per heavy atom. The number of amides is 2. The molecule has 1 aromatic carbocycles. The molecule has 208 valence electrons. The summed E-state index contributed by atoms with van der Waals surface area (Å²) in [4.78, 5) is 41.3. The minimum absolute atomic E-state index is 0.0291. The molecule has 0 saturated heterocycles. The zero-order valence-electron chi connectivity index (χ0n) is 24.4. The van der Waals surface area contributed by atoms with E-state index in [2.05, 4.69) is 10.6 Å². The topological polar surface area (TPSA) is 87.7 Å². The number of esters is 1. The van der Waals surface area contributed by atoms with Crippen molar-refractivity contribution in [2.75, 3.05) is 20.7 Å². The first kappa shape index (κ1) is 32.6. The normalized spacial score (nSPS) is 15.1. The van der Waals surface area contributed by atoms with Crippen molar-refractivity contribution in [3.8, 4) is 0 Å². The number of rotatable bonds is 11. The van der Waals surface area contributed by atoms with Crippen molar-refractivity contribution < 1.29 is 19.1 Å². The summed E-state index contributed by atoms with van der Waals surface area (Å²) < 4.78 is 5.11. The minimum atomic E-state index is -0.798. The number of ether oxygens (including phenoxy) is 1. The molecule has 0 unspecified atom stereocenters. The number of hydrogen-bond donors (Lipinski definition) is 2. The summed E-state index contributed by atoms with van der Waals surface area (Å²) in [5.74, 6) is -0.896. The van der Waals surface area contributed by atoms with Crippen LogP contribution in [0.15, 0.2) is 35.9 Å². The van der Waals surface area contributed by atoms with Gasteiger partial charge in [-0.15, -0.1) is 0 Å². The van der Waals surface area contributed by atoms with Crippen LogP contribution in [0.1, 0.15) is 67.9 Å². The summed E-state index contributed by atoms with van der Waals surface area (Å²) in [6.07, 6.45) is 1.76. The van der Waals surface area contributed by atoms with Gasteiger partial charge in [-0.05, 0) is 49.9 Å². The predicted octanol–water partition coefficient (Wildman–Crippen LogP) is 4.73. The predicted molar refractivity (Wildman–Crippen MR) is 150 cm³/mol. The smallest absolute Gasteiger partial charge is 0.333 e. The highest BCUT2D eigenvalue weighted by Crippen LogP contribution is 2.30. The molecule has 0 saturated carbocycles. The van der Waals surface area contributed by atoms with E-state index in [0.717, 1.165) is 5.56 Å². The number of likely N-dealkylation sites (N-methyl/N-ethyl adjacent to an activating group) is 2. The van der Waals surface area contributed by atoms with Crippen LogP contribution in [0.3, 0.4) is 0 Å². The molecule has 0 aliphatic carbocycles. The Kier molecular flexibility index (Phi) is 11.8. The lowest BCUT2D eigenvalue weighted by Crippen LogP contribution is -2.61. The monoisotopic (exact) mass is 535 g/mol. The van der Waals surface area contributed by atoms with E-state index in [-0.39, 0.29) is 30.4 Å². The quantitative estimate of drug-likeness (QED) is 0.316. The van der Waals surface area contributed by atoms with Crippen LogP contribution in [-0.4, -0.2) is 61.5 Å². The van der Waals surface area contributed by atoms with E-state index in [9.17, 15) is 14.4 Å². The lowest BCUT2D eigenvalue weighted by Gasteiger charge is -2.40. The molecule has 7 nitrogen and oxygen atoms in total. The van der Waals surface area contributed by atoms with Gasteiger partial charge in [0.15, 0.2) is 0 Å². The van der Waals surface area contributed by atoms with E-state index < -0.39 is 28.9 Å². The van der Waals surface area contributed by atoms with E-state index in [1.807, 2.05) is 66.7 Å². The average Bonchev–Trinajstić information content (AvgIpc) is 2.79. The molecule has 0 aliphatic heterocycles. The van der Waals surface area contributed by atoms with E-state index in [1.54, 1.807) is 45.0 Å². The lowest BCUT2D eigenvalue weighted by molar-refractivity contribution is -0.141. The molecule has 2 amide bonds. The van der Waals surface area contributed by atoms with Gasteiger partial charge in [0.25, 0.3) is 0 Å². The summed E-state index contributed by atoms with van der Waals surface area (Å²) in [5.41, 5.74) is 0.168. The molecule has 1 aromatic rings. The van der Waals surface area contributed by atoms with E-state index in [4.69, 9.17) is 16.3 Å². The zero-order valence-corrected chi connectivity index (χ0v) is 25.1. The minimum Gasteiger partial charge on any atom is -0.463 e. The summed E-state index contributed by atoms with van der Waals surface area (Å²) >= 11 is 6.22. The summed E-state index contributed by atoms with van der Waals surface area (Å²) in [5, 5.41) is 6.76. The Bertz CT molecular complexity index is 982. The average molecular weight is 536 g/mol. The Balaban J connectivity index is 3.31. The standard InChI is InChI=1S/C29H46ClN3O4/c1-12-37-27(36)19(4)16-22(18(2)3)33(11)26(35)24(28(5,6)7)32-25(34)23(31-10)29(8,9)20-14-13-15-21(30)17-20/h13-18,22-24,31H,12H2,1-11H3,(H,32,34)/b19-16+/t22-,23-,24-/m1/s1. The third-order valence-corrected chi connectivity index (χ3v) is 6.97. The van der Waals surface area contributed by atoms with Crippen molar-refractivity contribution >= 4 is 29.4 Å². The molecule has 0 aromatic heterocycles. The van der Waals surface area contributed by atoms with Crippen LogP contribution >= 0.6 is 11.6 Å². The number of benzene rings is 1. The van der Waals surface area contributed by atoms with Crippen LogP contribution in [-0.2, 0) is 24.5 Å². The molecular weight excluding hydrogens is 490 g/mol. The maximum Gasteiger partial charge on any atom is 0.333 e. The number of nitrogens with zero attached hydrogens (tertiary/aromatic N) is 1. The largest absolute Gasteiger partial charge is 0.463 e. The first-order chi connectivity index (χ1) is 17.0. The SMILES string of the molecule is CCOC(=O)/C(C)=C/[C@H](C(C)C)N(C)C(=O)[C@@H](NC(=O)[C@@H](NC)C(C)(C)c1cccc(Cl)c1)C(C)(C)C. The third-order valence-electron chi connectivity index (χ3n) is 6.74. The maximum atomic E-state index is 13.9. The highest BCUT2D eigenvalue weighted by atomic mass is 35.5. The van der Waals surface area contributed by atoms with Crippen molar-refractivity contribution in [1.82, 2.24) is 15.5 Å². The fourth-order valence-corrected chi connectivity index (χ4v) is 4.61. The number of halogens is 1. The van der Waals surface area contributed by atoms with Crippen LogP contribution in [0.5, 0.6) is 0 Å². The molecule has 0 spiro atoms. The second-order valence-electron chi connectivity index (χ2n) is 11.5. The molecule has 2 N–H and O–H groups in total. The molecule has 37 heavy (non-hydrogen) atoms. The fourth-order valence-electron chi connectivity index (χ4n) is 4.42. The lowest BCUT2D eigenvalue weighted by atomic mass is 9.76. The van der Waals surface area contributed by atoms with Crippen molar-refractivity contribution in [2.45, 2.75) is 85.9 Å². The summed E-state index contributed by atoms with van der Waals surface area (Å²) in [7, 11) is 3.44. The Morgan fingerprint density at radius 3 is 2.16 bits per heavy atom. The van der Waals surface area contributed by atoms with Crippen LogP contribution in [0, 0.1) is 11.3 Å². The van der Waals surface area contributed by atoms with Crippen LogP contribution in [0.4, 0.5) is 0 Å². The number of carbonyl (C=O) groups is 3. The Hall–Kier alpha value is -2.38. The first-order valence-corrected chi connectivity index (χ1v) is 13.2. The Labute approximate surface area is 228 Å². The van der Waals surface area contributed by atoms with Crippen LogP contribution < -0.4 is 10.6 Å². The van der Waals surface area contributed by atoms with Gasteiger partial charge in [0, 0.05) is 23.1 Å². The highest BCUT2D eigenvalue weighted by Gasteiger charge is 2.41. The van der Waals surface area contributed by atoms with Crippen molar-refractivity contribution in [3.05, 3.63) is 46.5 Å². The number of carbonyl (C=O) groups excluding carboxylic acids is 3. The first-order valence-electron chi connectivity index (χ1n) is 12.8. The molecule has 1 rings (SSSR count). The highest BCUT2D eigenvalue weighted by molar-refractivity contribution is 6.30. The van der Waals surface area contributed by atoms with Crippen molar-refractivity contribution in [3.63, 3.8) is 0 Å². The van der Waals surface area contributed by atoms with Gasteiger partial charge in [-0.3, -0.25) is 9.59 Å². The molecule has 0 aliphatic rings. The van der Waals surface area contributed by atoms with Gasteiger partial charge in [-0.2, -0.15) is 0 Å². The van der Waals surface area contributed by atoms with E-state index >= 15 is 0 Å².